The summed E-state index contributed by atoms with van der Waals surface area (Å²) < 4.78 is 45.4. The molecule has 0 radical (unpaired) electrons. The summed E-state index contributed by atoms with van der Waals surface area (Å²) in [7, 11) is 1.57. The molecule has 0 atom stereocenters. The summed E-state index contributed by atoms with van der Waals surface area (Å²) in [6.45, 7) is 0. The van der Waals surface area contributed by atoms with Crippen molar-refractivity contribution in [3.8, 4) is 11.4 Å². The lowest BCUT2D eigenvalue weighted by Crippen LogP contribution is -3.00. The van der Waals surface area contributed by atoms with Crippen molar-refractivity contribution < 1.29 is 39.5 Å². The van der Waals surface area contributed by atoms with E-state index < -0.39 is 11.7 Å². The average molecular weight is 384 g/mol. The van der Waals surface area contributed by atoms with Crippen LogP contribution in [0.3, 0.4) is 0 Å². The molecule has 0 fully saturated rings. The number of ether oxygens (including phenoxy) is 1. The molecule has 0 amide bonds. The van der Waals surface area contributed by atoms with E-state index in [0.717, 1.165) is 22.9 Å². The summed E-state index contributed by atoms with van der Waals surface area (Å²) >= 11 is 0. The standard InChI is InChI=1S/C17H13F3NO.BrH/c1-22-16-7-2-4-12-8-9-21(11-15(12)16)14-6-3-5-13(10-14)17(18,19)20;/h2-11H,1H3;1H/q+1;/p-1. The number of aromatic nitrogens is 1. The molecule has 3 aromatic rings. The summed E-state index contributed by atoms with van der Waals surface area (Å²) in [6, 6.07) is 12.7. The van der Waals surface area contributed by atoms with E-state index in [1.54, 1.807) is 30.1 Å². The Morgan fingerprint density at radius 3 is 2.43 bits per heavy atom. The molecular formula is C17H13BrF3NO. The predicted octanol–water partition coefficient (Wildman–Crippen LogP) is 1.15. The first kappa shape index (κ1) is 17.3. The number of fused-ring (bicyclic) bond motifs is 1. The van der Waals surface area contributed by atoms with Crippen molar-refractivity contribution in [1.82, 2.24) is 0 Å². The van der Waals surface area contributed by atoms with Crippen molar-refractivity contribution in [1.29, 1.82) is 0 Å². The van der Waals surface area contributed by atoms with Gasteiger partial charge in [-0.05, 0) is 17.5 Å². The number of methoxy groups -OCH3 is 1. The van der Waals surface area contributed by atoms with Gasteiger partial charge in [-0.3, -0.25) is 0 Å². The third kappa shape index (κ3) is 3.47. The maximum absolute atomic E-state index is 12.8. The van der Waals surface area contributed by atoms with E-state index in [0.29, 0.717) is 11.4 Å². The molecule has 0 aliphatic heterocycles. The summed E-state index contributed by atoms with van der Waals surface area (Å²) in [4.78, 5) is 0. The Hall–Kier alpha value is -2.08. The van der Waals surface area contributed by atoms with Gasteiger partial charge in [0.15, 0.2) is 12.4 Å². The molecule has 0 aliphatic carbocycles. The molecule has 0 spiro atoms. The van der Waals surface area contributed by atoms with Gasteiger partial charge >= 0.3 is 6.18 Å². The first-order valence-electron chi connectivity index (χ1n) is 6.65. The van der Waals surface area contributed by atoms with Crippen LogP contribution in [0.25, 0.3) is 16.5 Å². The van der Waals surface area contributed by atoms with E-state index in [1.165, 1.54) is 6.07 Å². The first-order chi connectivity index (χ1) is 10.5. The Balaban J connectivity index is 0.00000192. The second-order valence-corrected chi connectivity index (χ2v) is 4.86. The molecule has 23 heavy (non-hydrogen) atoms. The summed E-state index contributed by atoms with van der Waals surface area (Å²) in [5, 5.41) is 1.80. The zero-order chi connectivity index (χ0) is 15.7. The van der Waals surface area contributed by atoms with Crippen LogP contribution in [0.1, 0.15) is 5.56 Å². The van der Waals surface area contributed by atoms with Gasteiger partial charge < -0.3 is 21.7 Å². The highest BCUT2D eigenvalue weighted by atomic mass is 79.9. The van der Waals surface area contributed by atoms with E-state index in [2.05, 4.69) is 0 Å². The largest absolute Gasteiger partial charge is 1.00 e. The lowest BCUT2D eigenvalue weighted by molar-refractivity contribution is -0.594. The van der Waals surface area contributed by atoms with Gasteiger partial charge in [0.1, 0.15) is 5.75 Å². The highest BCUT2D eigenvalue weighted by Gasteiger charge is 2.31. The number of benzene rings is 2. The maximum Gasteiger partial charge on any atom is 0.416 e. The van der Waals surface area contributed by atoms with Crippen LogP contribution in [0, 0.1) is 0 Å². The molecule has 0 bridgehead atoms. The highest BCUT2D eigenvalue weighted by molar-refractivity contribution is 5.86. The zero-order valence-corrected chi connectivity index (χ0v) is 13.7. The Labute approximate surface area is 141 Å². The molecule has 0 aliphatic rings. The Morgan fingerprint density at radius 1 is 1.00 bits per heavy atom. The second-order valence-electron chi connectivity index (χ2n) is 4.86. The first-order valence-corrected chi connectivity index (χ1v) is 6.65. The van der Waals surface area contributed by atoms with E-state index in [-0.39, 0.29) is 17.0 Å². The monoisotopic (exact) mass is 383 g/mol. The van der Waals surface area contributed by atoms with E-state index >= 15 is 0 Å². The summed E-state index contributed by atoms with van der Waals surface area (Å²) in [6.07, 6.45) is -0.855. The highest BCUT2D eigenvalue weighted by Crippen LogP contribution is 2.30. The number of pyridine rings is 1. The predicted molar refractivity (Wildman–Crippen MR) is 77.0 cm³/mol. The zero-order valence-electron chi connectivity index (χ0n) is 12.1. The Kier molecular flexibility index (Phi) is 4.94. The Bertz CT molecular complexity index is 833. The molecule has 0 unspecified atom stereocenters. The fourth-order valence-corrected chi connectivity index (χ4v) is 2.37. The quantitative estimate of drug-likeness (QED) is 0.605. The minimum Gasteiger partial charge on any atom is -1.00 e. The lowest BCUT2D eigenvalue weighted by atomic mass is 10.1. The number of nitrogens with zero attached hydrogens (tertiary/aromatic N) is 1. The molecule has 1 aromatic heterocycles. The third-order valence-electron chi connectivity index (χ3n) is 3.47. The van der Waals surface area contributed by atoms with Gasteiger partial charge in [-0.15, -0.1) is 0 Å². The van der Waals surface area contributed by atoms with E-state index in [4.69, 9.17) is 4.74 Å². The molecule has 2 nitrogen and oxygen atoms in total. The number of alkyl halides is 3. The smallest absolute Gasteiger partial charge is 0.416 e. The van der Waals surface area contributed by atoms with Crippen LogP contribution in [-0.4, -0.2) is 7.11 Å². The number of hydrogen-bond acceptors (Lipinski definition) is 1. The van der Waals surface area contributed by atoms with Crippen LogP contribution >= 0.6 is 0 Å². The van der Waals surface area contributed by atoms with Gasteiger partial charge in [0.05, 0.1) is 18.1 Å². The molecule has 0 saturated heterocycles. The maximum atomic E-state index is 12.8. The lowest BCUT2D eigenvalue weighted by Gasteiger charge is -2.07. The van der Waals surface area contributed by atoms with Crippen molar-refractivity contribution in [2.75, 3.05) is 7.11 Å². The van der Waals surface area contributed by atoms with Crippen LogP contribution in [-0.2, 0) is 6.18 Å². The van der Waals surface area contributed by atoms with Crippen LogP contribution in [0.4, 0.5) is 13.2 Å². The van der Waals surface area contributed by atoms with Crippen molar-refractivity contribution in [3.63, 3.8) is 0 Å². The van der Waals surface area contributed by atoms with Crippen LogP contribution in [0.2, 0.25) is 0 Å². The average Bonchev–Trinajstić information content (AvgIpc) is 2.53. The van der Waals surface area contributed by atoms with Crippen LogP contribution in [0.15, 0.2) is 60.9 Å². The van der Waals surface area contributed by atoms with Crippen molar-refractivity contribution in [3.05, 3.63) is 66.5 Å². The normalized spacial score (nSPS) is 11.1. The summed E-state index contributed by atoms with van der Waals surface area (Å²) in [5.41, 5.74) is -0.222. The molecule has 6 heteroatoms. The third-order valence-corrected chi connectivity index (χ3v) is 3.47. The fraction of sp³-hybridized carbons (Fsp3) is 0.118. The molecule has 0 saturated carbocycles. The molecule has 120 valence electrons. The minimum atomic E-state index is -4.36. The fourth-order valence-electron chi connectivity index (χ4n) is 2.37. The van der Waals surface area contributed by atoms with E-state index in [9.17, 15) is 13.2 Å². The van der Waals surface area contributed by atoms with Gasteiger partial charge in [0.2, 0.25) is 5.69 Å². The number of halogens is 4. The summed E-state index contributed by atoms with van der Waals surface area (Å²) in [5.74, 6) is 0.679. The number of rotatable bonds is 2. The molecule has 2 aromatic carbocycles. The topological polar surface area (TPSA) is 13.1 Å². The van der Waals surface area contributed by atoms with E-state index in [1.807, 2.05) is 24.3 Å². The molecule has 3 rings (SSSR count). The molecule has 0 N–H and O–H groups in total. The Morgan fingerprint density at radius 2 is 1.74 bits per heavy atom. The SMILES string of the molecule is COc1cccc2cc[n+](-c3cccc(C(F)(F)F)c3)cc12.[Br-]. The van der Waals surface area contributed by atoms with Crippen molar-refractivity contribution >= 4 is 10.8 Å². The van der Waals surface area contributed by atoms with Gasteiger partial charge in [-0.1, -0.05) is 18.2 Å². The van der Waals surface area contributed by atoms with Gasteiger partial charge in [0, 0.05) is 18.2 Å². The van der Waals surface area contributed by atoms with Crippen LogP contribution in [0.5, 0.6) is 5.75 Å². The van der Waals surface area contributed by atoms with Gasteiger partial charge in [-0.2, -0.15) is 17.7 Å². The molecule has 1 heterocycles. The number of hydrogen-bond donors (Lipinski definition) is 0. The molecular weight excluding hydrogens is 371 g/mol. The second kappa shape index (κ2) is 6.58. The van der Waals surface area contributed by atoms with Crippen LogP contribution < -0.4 is 26.3 Å². The van der Waals surface area contributed by atoms with Gasteiger partial charge in [-0.25, -0.2) is 0 Å². The van der Waals surface area contributed by atoms with Gasteiger partial charge in [0.25, 0.3) is 0 Å². The van der Waals surface area contributed by atoms with Crippen molar-refractivity contribution in [2.45, 2.75) is 6.18 Å². The van der Waals surface area contributed by atoms with Crippen molar-refractivity contribution in [2.24, 2.45) is 0 Å². The minimum absolute atomic E-state index is 0.